The van der Waals surface area contributed by atoms with E-state index in [-0.39, 0.29) is 17.0 Å². The number of halogens is 1. The van der Waals surface area contributed by atoms with Gasteiger partial charge in [-0.05, 0) is 47.0 Å². The third kappa shape index (κ3) is 3.52. The average molecular weight is 363 g/mol. The van der Waals surface area contributed by atoms with E-state index < -0.39 is 10.0 Å². The molecule has 0 spiro atoms. The summed E-state index contributed by atoms with van der Waals surface area (Å²) in [4.78, 5) is 0.211. The van der Waals surface area contributed by atoms with Gasteiger partial charge < -0.3 is 10.5 Å². The standard InChI is InChI=1S/C13H19BrN2O3S/c1-19-13-7-6-9(8-10(13)14)20(17,18)16-12-5-3-2-4-11(12)15/h6-8,11-12,16H,2-5,15H2,1H3. The third-order valence-corrected chi connectivity index (χ3v) is 5.67. The summed E-state index contributed by atoms with van der Waals surface area (Å²) in [7, 11) is -2.02. The first-order valence-corrected chi connectivity index (χ1v) is 8.83. The van der Waals surface area contributed by atoms with E-state index in [0.717, 1.165) is 25.7 Å². The second-order valence-corrected chi connectivity index (χ2v) is 7.54. The fourth-order valence-electron chi connectivity index (χ4n) is 2.39. The monoisotopic (exact) mass is 362 g/mol. The topological polar surface area (TPSA) is 81.4 Å². The summed E-state index contributed by atoms with van der Waals surface area (Å²) in [5, 5.41) is 0. The second kappa shape index (κ2) is 6.43. The number of methoxy groups -OCH3 is 1. The van der Waals surface area contributed by atoms with Gasteiger partial charge in [-0.2, -0.15) is 0 Å². The smallest absolute Gasteiger partial charge is 0.240 e. The van der Waals surface area contributed by atoms with Gasteiger partial charge in [0.2, 0.25) is 10.0 Å². The lowest BCUT2D eigenvalue weighted by Crippen LogP contribution is -2.49. The summed E-state index contributed by atoms with van der Waals surface area (Å²) in [6, 6.07) is 4.39. The zero-order valence-corrected chi connectivity index (χ0v) is 13.7. The van der Waals surface area contributed by atoms with Crippen molar-refractivity contribution < 1.29 is 13.2 Å². The number of hydrogen-bond acceptors (Lipinski definition) is 4. The fourth-order valence-corrected chi connectivity index (χ4v) is 4.43. The van der Waals surface area contributed by atoms with Crippen molar-refractivity contribution in [3.8, 4) is 5.75 Å². The lowest BCUT2D eigenvalue weighted by molar-refractivity contribution is 0.361. The Morgan fingerprint density at radius 3 is 2.65 bits per heavy atom. The molecule has 1 saturated carbocycles. The van der Waals surface area contributed by atoms with Crippen LogP contribution in [-0.2, 0) is 10.0 Å². The molecule has 0 aliphatic heterocycles. The third-order valence-electron chi connectivity index (χ3n) is 3.56. The number of nitrogens with one attached hydrogen (secondary N) is 1. The molecule has 3 N–H and O–H groups in total. The molecule has 112 valence electrons. The number of nitrogens with two attached hydrogens (primary N) is 1. The van der Waals surface area contributed by atoms with E-state index in [1.54, 1.807) is 6.07 Å². The fraction of sp³-hybridized carbons (Fsp3) is 0.538. The van der Waals surface area contributed by atoms with Gasteiger partial charge in [0.15, 0.2) is 0 Å². The number of sulfonamides is 1. The SMILES string of the molecule is COc1ccc(S(=O)(=O)NC2CCCCC2N)cc1Br. The molecule has 5 nitrogen and oxygen atoms in total. The summed E-state index contributed by atoms with van der Waals surface area (Å²) >= 11 is 3.29. The molecule has 1 aliphatic rings. The number of hydrogen-bond donors (Lipinski definition) is 2. The molecule has 1 aromatic rings. The van der Waals surface area contributed by atoms with Gasteiger partial charge >= 0.3 is 0 Å². The molecule has 1 aliphatic carbocycles. The van der Waals surface area contributed by atoms with Crippen molar-refractivity contribution in [2.45, 2.75) is 42.7 Å². The highest BCUT2D eigenvalue weighted by molar-refractivity contribution is 9.10. The van der Waals surface area contributed by atoms with Crippen LogP contribution in [0.1, 0.15) is 25.7 Å². The van der Waals surface area contributed by atoms with Gasteiger partial charge in [-0.3, -0.25) is 0 Å². The Labute approximate surface area is 128 Å². The van der Waals surface area contributed by atoms with Crippen LogP contribution in [-0.4, -0.2) is 27.6 Å². The Hall–Kier alpha value is -0.630. The lowest BCUT2D eigenvalue weighted by Gasteiger charge is -2.29. The van der Waals surface area contributed by atoms with Gasteiger partial charge in [0.05, 0.1) is 16.5 Å². The Morgan fingerprint density at radius 2 is 2.05 bits per heavy atom. The van der Waals surface area contributed by atoms with Crippen molar-refractivity contribution in [3.05, 3.63) is 22.7 Å². The predicted molar refractivity (Wildman–Crippen MR) is 81.2 cm³/mol. The van der Waals surface area contributed by atoms with Gasteiger partial charge in [-0.1, -0.05) is 12.8 Å². The molecule has 2 rings (SSSR count). The molecule has 20 heavy (non-hydrogen) atoms. The minimum Gasteiger partial charge on any atom is -0.496 e. The van der Waals surface area contributed by atoms with E-state index in [4.69, 9.17) is 10.5 Å². The summed E-state index contributed by atoms with van der Waals surface area (Å²) in [6.07, 6.45) is 3.72. The van der Waals surface area contributed by atoms with E-state index in [2.05, 4.69) is 20.7 Å². The van der Waals surface area contributed by atoms with Crippen molar-refractivity contribution in [3.63, 3.8) is 0 Å². The van der Waals surface area contributed by atoms with Crippen LogP contribution in [0.2, 0.25) is 0 Å². The van der Waals surface area contributed by atoms with Crippen molar-refractivity contribution in [1.29, 1.82) is 0 Å². The van der Waals surface area contributed by atoms with Gasteiger partial charge in [0, 0.05) is 12.1 Å². The molecule has 2 unspecified atom stereocenters. The highest BCUT2D eigenvalue weighted by Gasteiger charge is 2.27. The first kappa shape index (κ1) is 15.8. The van der Waals surface area contributed by atoms with Crippen LogP contribution in [0, 0.1) is 0 Å². The number of rotatable bonds is 4. The van der Waals surface area contributed by atoms with Crippen LogP contribution < -0.4 is 15.2 Å². The maximum atomic E-state index is 12.4. The van der Waals surface area contributed by atoms with Crippen LogP contribution in [0.5, 0.6) is 5.75 Å². The van der Waals surface area contributed by atoms with Crippen LogP contribution >= 0.6 is 15.9 Å². The van der Waals surface area contributed by atoms with Crippen molar-refractivity contribution >= 4 is 26.0 Å². The number of ether oxygens (including phenoxy) is 1. The first-order chi connectivity index (χ1) is 9.44. The van der Waals surface area contributed by atoms with Gasteiger partial charge in [-0.25, -0.2) is 13.1 Å². The largest absolute Gasteiger partial charge is 0.496 e. The molecule has 0 amide bonds. The Balaban J connectivity index is 2.19. The molecule has 7 heteroatoms. The van der Waals surface area contributed by atoms with Crippen LogP contribution in [0.25, 0.3) is 0 Å². The van der Waals surface area contributed by atoms with Gasteiger partial charge in [0.1, 0.15) is 5.75 Å². The van der Waals surface area contributed by atoms with Crippen LogP contribution in [0.4, 0.5) is 0 Å². The van der Waals surface area contributed by atoms with Gasteiger partial charge in [-0.15, -0.1) is 0 Å². The first-order valence-electron chi connectivity index (χ1n) is 6.55. The highest BCUT2D eigenvalue weighted by Crippen LogP contribution is 2.28. The molecule has 0 radical (unpaired) electrons. The molecule has 1 aromatic carbocycles. The van der Waals surface area contributed by atoms with E-state index >= 15 is 0 Å². The van der Waals surface area contributed by atoms with Crippen LogP contribution in [0.3, 0.4) is 0 Å². The molecule has 0 bridgehead atoms. The summed E-state index contributed by atoms with van der Waals surface area (Å²) in [5.41, 5.74) is 5.98. The number of benzene rings is 1. The minimum atomic E-state index is -3.56. The van der Waals surface area contributed by atoms with Crippen molar-refractivity contribution in [1.82, 2.24) is 4.72 Å². The normalized spacial score (nSPS) is 23.6. The Kier molecular flexibility index (Phi) is 5.06. The zero-order valence-electron chi connectivity index (χ0n) is 11.3. The maximum absolute atomic E-state index is 12.4. The molecular weight excluding hydrogens is 344 g/mol. The maximum Gasteiger partial charge on any atom is 0.240 e. The molecular formula is C13H19BrN2O3S. The molecule has 0 heterocycles. The van der Waals surface area contributed by atoms with Crippen LogP contribution in [0.15, 0.2) is 27.6 Å². The predicted octanol–water partition coefficient (Wildman–Crippen LogP) is 2.01. The summed E-state index contributed by atoms with van der Waals surface area (Å²) in [5.74, 6) is 0.596. The quantitative estimate of drug-likeness (QED) is 0.858. The lowest BCUT2D eigenvalue weighted by atomic mass is 9.92. The summed E-state index contributed by atoms with van der Waals surface area (Å²) < 4.78 is 33.2. The Bertz CT molecular complexity index is 577. The Morgan fingerprint density at radius 1 is 1.35 bits per heavy atom. The van der Waals surface area contributed by atoms with E-state index in [0.29, 0.717) is 10.2 Å². The zero-order chi connectivity index (χ0) is 14.8. The summed E-state index contributed by atoms with van der Waals surface area (Å²) in [6.45, 7) is 0. The van der Waals surface area contributed by atoms with Crippen molar-refractivity contribution in [2.75, 3.05) is 7.11 Å². The minimum absolute atomic E-state index is 0.111. The molecule has 0 aromatic heterocycles. The molecule has 2 atom stereocenters. The average Bonchev–Trinajstić information content (AvgIpc) is 2.41. The van der Waals surface area contributed by atoms with E-state index in [1.165, 1.54) is 19.2 Å². The highest BCUT2D eigenvalue weighted by atomic mass is 79.9. The van der Waals surface area contributed by atoms with Crippen molar-refractivity contribution in [2.24, 2.45) is 5.73 Å². The molecule has 0 saturated heterocycles. The second-order valence-electron chi connectivity index (χ2n) is 4.97. The van der Waals surface area contributed by atoms with E-state index in [1.807, 2.05) is 0 Å². The van der Waals surface area contributed by atoms with Gasteiger partial charge in [0.25, 0.3) is 0 Å². The molecule has 1 fully saturated rings. The van der Waals surface area contributed by atoms with E-state index in [9.17, 15) is 8.42 Å².